The molecule has 0 aliphatic heterocycles. The predicted molar refractivity (Wildman–Crippen MR) is 279 cm³/mol. The Morgan fingerprint density at radius 2 is 0.723 bits per heavy atom. The van der Waals surface area contributed by atoms with Crippen LogP contribution >= 0.6 is 0 Å². The van der Waals surface area contributed by atoms with Gasteiger partial charge < -0.3 is 20.5 Å². The molecule has 0 aromatic carbocycles. The smallest absolute Gasteiger partial charge is 0.306 e. The highest BCUT2D eigenvalue weighted by Crippen LogP contribution is 2.20. The number of nitrogens with two attached hydrogens (primary N) is 1. The summed E-state index contributed by atoms with van der Waals surface area (Å²) in [4.78, 5) is 40.8. The van der Waals surface area contributed by atoms with Gasteiger partial charge in [0.05, 0.1) is 0 Å². The number of amides is 1. The van der Waals surface area contributed by atoms with Crippen LogP contribution in [0.4, 0.5) is 0 Å². The van der Waals surface area contributed by atoms with Gasteiger partial charge in [-0.3, -0.25) is 19.3 Å². The summed E-state index contributed by atoms with van der Waals surface area (Å²) < 4.78 is 12.2. The molecule has 8 heteroatoms. The molecule has 386 valence electrons. The largest absolute Gasteiger partial charge is 0.462 e. The molecule has 0 aliphatic rings. The molecule has 0 saturated carbocycles. The normalized spacial score (nSPS) is 12.1. The van der Waals surface area contributed by atoms with Gasteiger partial charge in [0, 0.05) is 31.8 Å². The van der Waals surface area contributed by atoms with E-state index in [-0.39, 0.29) is 36.1 Å². The van der Waals surface area contributed by atoms with Crippen LogP contribution in [0.2, 0.25) is 0 Å². The van der Waals surface area contributed by atoms with Gasteiger partial charge in [-0.05, 0) is 110 Å². The van der Waals surface area contributed by atoms with Crippen LogP contribution in [0.25, 0.3) is 0 Å². The summed E-state index contributed by atoms with van der Waals surface area (Å²) in [5, 5.41) is 3.14. The zero-order valence-electron chi connectivity index (χ0n) is 44.3. The standard InChI is InChI=1S/C57H113N3O5/c1-6-10-14-18-24-32-41-53(42-33-25-19-15-11-7-2)64-56(62)46-36-28-22-30-38-49-60(52(5)51-59-55(61)45-40-48-58)50-39-31-23-29-37-47-57(63)65-54(43-34-26-20-16-12-8-3)44-35-27-21-17-13-9-4/h52-54H,6-51,58H2,1-5H3,(H,59,61). The Morgan fingerprint density at radius 3 is 1.06 bits per heavy atom. The van der Waals surface area contributed by atoms with Crippen molar-refractivity contribution in [3.05, 3.63) is 0 Å². The van der Waals surface area contributed by atoms with Crippen molar-refractivity contribution in [3.63, 3.8) is 0 Å². The lowest BCUT2D eigenvalue weighted by Gasteiger charge is -2.29. The number of carbonyl (C=O) groups is 3. The minimum atomic E-state index is 0.00616. The fourth-order valence-corrected chi connectivity index (χ4v) is 9.15. The molecule has 0 aromatic heterocycles. The average molecular weight is 921 g/mol. The molecule has 0 heterocycles. The molecule has 0 rings (SSSR count). The number of hydrogen-bond acceptors (Lipinski definition) is 7. The van der Waals surface area contributed by atoms with Crippen molar-refractivity contribution in [3.8, 4) is 0 Å². The molecule has 3 N–H and O–H groups in total. The van der Waals surface area contributed by atoms with Crippen molar-refractivity contribution in [2.24, 2.45) is 5.73 Å². The summed E-state index contributed by atoms with van der Waals surface area (Å²) in [7, 11) is 0. The summed E-state index contributed by atoms with van der Waals surface area (Å²) in [5.74, 6) is 0.102. The third-order valence-electron chi connectivity index (χ3n) is 13.6. The first-order valence-electron chi connectivity index (χ1n) is 28.9. The topological polar surface area (TPSA) is 111 Å². The van der Waals surface area contributed by atoms with Crippen LogP contribution < -0.4 is 11.1 Å². The van der Waals surface area contributed by atoms with Crippen molar-refractivity contribution >= 4 is 17.8 Å². The summed E-state index contributed by atoms with van der Waals surface area (Å²) in [6.45, 7) is 14.5. The van der Waals surface area contributed by atoms with E-state index >= 15 is 0 Å². The van der Waals surface area contributed by atoms with Crippen molar-refractivity contribution in [2.45, 2.75) is 323 Å². The lowest BCUT2D eigenvalue weighted by atomic mass is 10.0. The van der Waals surface area contributed by atoms with Crippen LogP contribution in [0.1, 0.15) is 304 Å². The molecular weight excluding hydrogens is 807 g/mol. The summed E-state index contributed by atoms with van der Waals surface area (Å²) >= 11 is 0. The van der Waals surface area contributed by atoms with Gasteiger partial charge in [0.2, 0.25) is 5.91 Å². The van der Waals surface area contributed by atoms with Crippen LogP contribution in [0.5, 0.6) is 0 Å². The highest BCUT2D eigenvalue weighted by atomic mass is 16.5. The second-order valence-electron chi connectivity index (χ2n) is 20.1. The Morgan fingerprint density at radius 1 is 0.415 bits per heavy atom. The van der Waals surface area contributed by atoms with E-state index in [1.165, 1.54) is 154 Å². The third kappa shape index (κ3) is 44.6. The maximum absolute atomic E-state index is 12.9. The van der Waals surface area contributed by atoms with Gasteiger partial charge in [-0.1, -0.05) is 195 Å². The molecule has 0 aromatic rings. The Bertz CT molecular complexity index is 931. The molecule has 0 bridgehead atoms. The van der Waals surface area contributed by atoms with Gasteiger partial charge in [-0.15, -0.1) is 0 Å². The van der Waals surface area contributed by atoms with E-state index in [1.54, 1.807) is 0 Å². The molecule has 0 saturated heterocycles. The lowest BCUT2D eigenvalue weighted by molar-refractivity contribution is -0.151. The van der Waals surface area contributed by atoms with Crippen molar-refractivity contribution in [1.29, 1.82) is 0 Å². The summed E-state index contributed by atoms with van der Waals surface area (Å²) in [5.41, 5.74) is 5.64. The Kier molecular flexibility index (Phi) is 48.9. The zero-order chi connectivity index (χ0) is 47.7. The predicted octanol–water partition coefficient (Wildman–Crippen LogP) is 16.0. The molecule has 1 amide bonds. The molecule has 0 radical (unpaired) electrons. The molecular formula is C57H113N3O5. The van der Waals surface area contributed by atoms with Gasteiger partial charge in [-0.2, -0.15) is 0 Å². The van der Waals surface area contributed by atoms with Crippen molar-refractivity contribution < 1.29 is 23.9 Å². The van der Waals surface area contributed by atoms with Crippen LogP contribution in [-0.4, -0.2) is 67.2 Å². The molecule has 0 spiro atoms. The number of rotatable bonds is 52. The zero-order valence-corrected chi connectivity index (χ0v) is 44.3. The highest BCUT2D eigenvalue weighted by molar-refractivity contribution is 5.75. The Labute approximate surface area is 405 Å². The van der Waals surface area contributed by atoms with Crippen LogP contribution in [0, 0.1) is 0 Å². The quantitative estimate of drug-likeness (QED) is 0.0462. The number of nitrogens with zero attached hydrogens (tertiary/aromatic N) is 1. The second kappa shape index (κ2) is 50.2. The minimum Gasteiger partial charge on any atom is -0.462 e. The van der Waals surface area contributed by atoms with E-state index in [4.69, 9.17) is 15.2 Å². The van der Waals surface area contributed by atoms with Crippen molar-refractivity contribution in [2.75, 3.05) is 26.2 Å². The van der Waals surface area contributed by atoms with E-state index < -0.39 is 0 Å². The van der Waals surface area contributed by atoms with Crippen LogP contribution in [0.15, 0.2) is 0 Å². The van der Waals surface area contributed by atoms with Gasteiger partial charge in [0.15, 0.2) is 0 Å². The van der Waals surface area contributed by atoms with Gasteiger partial charge in [-0.25, -0.2) is 0 Å². The number of ether oxygens (including phenoxy) is 2. The van der Waals surface area contributed by atoms with E-state index in [0.29, 0.717) is 32.4 Å². The molecule has 1 atom stereocenters. The molecule has 1 unspecified atom stereocenters. The fourth-order valence-electron chi connectivity index (χ4n) is 9.15. The number of carbonyl (C=O) groups excluding carboxylic acids is 3. The number of esters is 2. The lowest BCUT2D eigenvalue weighted by Crippen LogP contribution is -2.43. The summed E-state index contributed by atoms with van der Waals surface area (Å²) in [6, 6.07) is 0.266. The van der Waals surface area contributed by atoms with E-state index in [2.05, 4.69) is 44.8 Å². The Balaban J connectivity index is 4.73. The Hall–Kier alpha value is -1.67. The maximum Gasteiger partial charge on any atom is 0.306 e. The number of hydrogen-bond donors (Lipinski definition) is 2. The number of unbranched alkanes of at least 4 members (excludes halogenated alkanes) is 28. The molecule has 65 heavy (non-hydrogen) atoms. The summed E-state index contributed by atoms with van der Waals surface area (Å²) in [6.07, 6.45) is 47.9. The van der Waals surface area contributed by atoms with E-state index in [9.17, 15) is 14.4 Å². The molecule has 0 fully saturated rings. The fraction of sp³-hybridized carbons (Fsp3) is 0.947. The molecule has 0 aliphatic carbocycles. The number of nitrogens with one attached hydrogen (secondary N) is 1. The van der Waals surface area contributed by atoms with Crippen LogP contribution in [0.3, 0.4) is 0 Å². The first-order valence-corrected chi connectivity index (χ1v) is 28.9. The van der Waals surface area contributed by atoms with E-state index in [0.717, 1.165) is 109 Å². The first-order chi connectivity index (χ1) is 31.8. The first kappa shape index (κ1) is 63.3. The average Bonchev–Trinajstić information content (AvgIpc) is 3.30. The van der Waals surface area contributed by atoms with Gasteiger partial charge in [0.1, 0.15) is 12.2 Å². The SMILES string of the molecule is CCCCCCCCC(CCCCCCCC)OC(=O)CCCCCCCN(CCCCCCCC(=O)OC(CCCCCCCC)CCCCCCCC)C(C)CNC(=O)CCCN. The molecule has 8 nitrogen and oxygen atoms in total. The maximum atomic E-state index is 12.9. The second-order valence-corrected chi connectivity index (χ2v) is 20.1. The van der Waals surface area contributed by atoms with E-state index in [1.807, 2.05) is 0 Å². The minimum absolute atomic E-state index is 0.00616. The van der Waals surface area contributed by atoms with Gasteiger partial charge >= 0.3 is 11.9 Å². The highest BCUT2D eigenvalue weighted by Gasteiger charge is 2.17. The van der Waals surface area contributed by atoms with Gasteiger partial charge in [0.25, 0.3) is 0 Å². The third-order valence-corrected chi connectivity index (χ3v) is 13.6. The van der Waals surface area contributed by atoms with Crippen molar-refractivity contribution in [1.82, 2.24) is 10.2 Å². The monoisotopic (exact) mass is 920 g/mol. The van der Waals surface area contributed by atoms with Crippen LogP contribution in [-0.2, 0) is 23.9 Å².